The lowest BCUT2D eigenvalue weighted by molar-refractivity contribution is 0.206. The molecule has 1 aliphatic heterocycles. The lowest BCUT2D eigenvalue weighted by Gasteiger charge is -2.28. The summed E-state index contributed by atoms with van der Waals surface area (Å²) < 4.78 is 40.4. The largest absolute Gasteiger partial charge is 0.464 e. The molecule has 3 aromatic rings. The summed E-state index contributed by atoms with van der Waals surface area (Å²) in [6.07, 6.45) is -0.897. The molecule has 0 unspecified atom stereocenters. The molecule has 35 heavy (non-hydrogen) atoms. The second kappa shape index (κ2) is 9.73. The van der Waals surface area contributed by atoms with Gasteiger partial charge in [0, 0.05) is 36.1 Å². The number of benzene rings is 2. The van der Waals surface area contributed by atoms with E-state index >= 15 is 0 Å². The van der Waals surface area contributed by atoms with Crippen LogP contribution in [0.3, 0.4) is 0 Å². The zero-order valence-electron chi connectivity index (χ0n) is 19.0. The van der Waals surface area contributed by atoms with Crippen molar-refractivity contribution >= 4 is 50.6 Å². The highest BCUT2D eigenvalue weighted by atomic mass is 35.5. The number of thiazole rings is 1. The minimum absolute atomic E-state index is 0.138. The Hall–Kier alpha value is -2.73. The maximum Gasteiger partial charge on any atom is 0.427 e. The van der Waals surface area contributed by atoms with Gasteiger partial charge in [-0.05, 0) is 44.5 Å². The number of aryl methyl sites for hydroxylation is 1. The summed E-state index contributed by atoms with van der Waals surface area (Å²) in [6, 6.07) is 9.12. The molecule has 0 aliphatic carbocycles. The number of amides is 1. The number of carboxylic acid groups (broad SMARTS) is 1. The van der Waals surface area contributed by atoms with Gasteiger partial charge in [0.1, 0.15) is 5.82 Å². The number of aromatic nitrogens is 1. The van der Waals surface area contributed by atoms with Gasteiger partial charge in [-0.3, -0.25) is 4.90 Å². The molecule has 1 saturated heterocycles. The zero-order chi connectivity index (χ0) is 25.4. The number of nitrogens with one attached hydrogen (secondary N) is 1. The zero-order valence-corrected chi connectivity index (χ0v) is 21.4. The molecule has 2 N–H and O–H groups in total. The van der Waals surface area contributed by atoms with Crippen LogP contribution in [-0.4, -0.2) is 48.1 Å². The molecule has 0 spiro atoms. The number of rotatable bonds is 7. The molecule has 186 valence electrons. The molecule has 0 bridgehead atoms. The summed E-state index contributed by atoms with van der Waals surface area (Å²) in [5.41, 5.74) is 3.13. The summed E-state index contributed by atoms with van der Waals surface area (Å²) >= 11 is 7.50. The van der Waals surface area contributed by atoms with Crippen LogP contribution in [0.5, 0.6) is 0 Å². The van der Waals surface area contributed by atoms with E-state index in [2.05, 4.69) is 15.2 Å². The number of halogens is 2. The predicted molar refractivity (Wildman–Crippen MR) is 134 cm³/mol. The quantitative estimate of drug-likeness (QED) is 0.426. The van der Waals surface area contributed by atoms with E-state index in [1.54, 1.807) is 6.07 Å². The number of hydrogen-bond donors (Lipinski definition) is 2. The lowest BCUT2D eigenvalue weighted by Crippen LogP contribution is -2.38. The summed E-state index contributed by atoms with van der Waals surface area (Å²) in [4.78, 5) is 17.4. The summed E-state index contributed by atoms with van der Waals surface area (Å²) in [6.45, 7) is 5.82. The molecule has 0 radical (unpaired) electrons. The van der Waals surface area contributed by atoms with Crippen molar-refractivity contribution in [3.05, 3.63) is 69.3 Å². The van der Waals surface area contributed by atoms with Gasteiger partial charge in [0.05, 0.1) is 21.1 Å². The fourth-order valence-electron chi connectivity index (χ4n) is 4.18. The standard InChI is InChI=1S/C23H24ClFN4O4S2/c1-15-3-5-19(25)16(9-15)11-28-8-7-23(2,13-28)27-20-6-4-17(10-18(20)24)35(32,33)29(22(30)31)21-12-34-14-26-21/h3-6,9-10,12,14,27H,7-8,11,13H2,1-2H3,(H,30,31)/t23-/m0/s1. The molecular formula is C23H24ClFN4O4S2. The SMILES string of the molecule is Cc1ccc(F)c(CN2CC[C@](C)(Nc3ccc(S(=O)(=O)N(C(=O)O)c4cscn4)cc3Cl)C2)c1. The molecular weight excluding hydrogens is 515 g/mol. The number of carbonyl (C=O) groups is 1. The highest BCUT2D eigenvalue weighted by Crippen LogP contribution is 2.33. The van der Waals surface area contributed by atoms with Gasteiger partial charge < -0.3 is 10.4 Å². The molecule has 1 aliphatic rings. The Balaban J connectivity index is 1.50. The van der Waals surface area contributed by atoms with Gasteiger partial charge in [-0.2, -0.15) is 0 Å². The Labute approximate surface area is 212 Å². The monoisotopic (exact) mass is 538 g/mol. The summed E-state index contributed by atoms with van der Waals surface area (Å²) in [5.74, 6) is -0.436. The number of sulfonamides is 1. The summed E-state index contributed by atoms with van der Waals surface area (Å²) in [5, 5.41) is 14.3. The molecule has 12 heteroatoms. The number of hydrogen-bond acceptors (Lipinski definition) is 7. The Morgan fingerprint density at radius 3 is 2.77 bits per heavy atom. The number of anilines is 2. The van der Waals surface area contributed by atoms with E-state index in [-0.39, 0.29) is 31.4 Å². The molecule has 2 heterocycles. The second-order valence-electron chi connectivity index (χ2n) is 8.78. The number of likely N-dealkylation sites (tertiary alicyclic amines) is 1. The van der Waals surface area contributed by atoms with Gasteiger partial charge in [-0.25, -0.2) is 22.6 Å². The first kappa shape index (κ1) is 25.4. The fourth-order valence-corrected chi connectivity index (χ4v) is 6.32. The van der Waals surface area contributed by atoms with Gasteiger partial charge in [-0.15, -0.1) is 15.6 Å². The van der Waals surface area contributed by atoms with Crippen LogP contribution in [0.2, 0.25) is 5.02 Å². The van der Waals surface area contributed by atoms with E-state index in [9.17, 15) is 22.7 Å². The van der Waals surface area contributed by atoms with Gasteiger partial charge in [0.2, 0.25) is 0 Å². The van der Waals surface area contributed by atoms with Crippen LogP contribution in [0, 0.1) is 12.7 Å². The highest BCUT2D eigenvalue weighted by Gasteiger charge is 2.36. The third-order valence-electron chi connectivity index (χ3n) is 5.86. The van der Waals surface area contributed by atoms with Gasteiger partial charge in [0.15, 0.2) is 5.82 Å². The Kier molecular flexibility index (Phi) is 7.05. The molecule has 8 nitrogen and oxygen atoms in total. The third-order valence-corrected chi connectivity index (χ3v) is 8.42. The van der Waals surface area contributed by atoms with Crippen LogP contribution < -0.4 is 9.62 Å². The maximum atomic E-state index is 14.2. The first-order valence-electron chi connectivity index (χ1n) is 10.7. The van der Waals surface area contributed by atoms with Crippen molar-refractivity contribution in [2.45, 2.75) is 37.2 Å². The Morgan fingerprint density at radius 2 is 2.11 bits per heavy atom. The number of nitrogens with zero attached hydrogens (tertiary/aromatic N) is 3. The lowest BCUT2D eigenvalue weighted by atomic mass is 10.0. The molecule has 1 amide bonds. The first-order valence-corrected chi connectivity index (χ1v) is 13.5. The van der Waals surface area contributed by atoms with Crippen molar-refractivity contribution in [3.63, 3.8) is 0 Å². The van der Waals surface area contributed by atoms with Crippen molar-refractivity contribution in [1.82, 2.24) is 9.88 Å². The van der Waals surface area contributed by atoms with E-state index in [4.69, 9.17) is 11.6 Å². The maximum absolute atomic E-state index is 14.2. The third kappa shape index (κ3) is 5.43. The van der Waals surface area contributed by atoms with Gasteiger partial charge in [-0.1, -0.05) is 29.3 Å². The highest BCUT2D eigenvalue weighted by molar-refractivity contribution is 7.93. The van der Waals surface area contributed by atoms with Crippen LogP contribution in [0.4, 0.5) is 20.7 Å². The average Bonchev–Trinajstić information content (AvgIpc) is 3.42. The Morgan fingerprint density at radius 1 is 1.34 bits per heavy atom. The van der Waals surface area contributed by atoms with Crippen LogP contribution >= 0.6 is 22.9 Å². The first-order chi connectivity index (χ1) is 16.5. The van der Waals surface area contributed by atoms with Crippen molar-refractivity contribution in [2.75, 3.05) is 22.7 Å². The molecule has 0 saturated carbocycles. The van der Waals surface area contributed by atoms with E-state index in [0.29, 0.717) is 24.3 Å². The summed E-state index contributed by atoms with van der Waals surface area (Å²) in [7, 11) is -4.43. The fraction of sp³-hybridized carbons (Fsp3) is 0.304. The normalized spacial score (nSPS) is 18.5. The molecule has 1 fully saturated rings. The predicted octanol–water partition coefficient (Wildman–Crippen LogP) is 5.19. The van der Waals surface area contributed by atoms with Crippen LogP contribution in [0.15, 0.2) is 52.2 Å². The van der Waals surface area contributed by atoms with Crippen molar-refractivity contribution < 1.29 is 22.7 Å². The minimum atomic E-state index is -4.43. The topological polar surface area (TPSA) is 103 Å². The Bertz CT molecular complexity index is 1350. The average molecular weight is 539 g/mol. The smallest absolute Gasteiger partial charge is 0.427 e. The molecule has 1 aromatic heterocycles. The van der Waals surface area contributed by atoms with Crippen LogP contribution in [0.1, 0.15) is 24.5 Å². The second-order valence-corrected chi connectivity index (χ2v) is 11.7. The molecule has 2 aromatic carbocycles. The van der Waals surface area contributed by atoms with Crippen LogP contribution in [-0.2, 0) is 16.6 Å². The van der Waals surface area contributed by atoms with Crippen LogP contribution in [0.25, 0.3) is 0 Å². The van der Waals surface area contributed by atoms with Gasteiger partial charge >= 0.3 is 6.09 Å². The molecule has 1 atom stereocenters. The minimum Gasteiger partial charge on any atom is -0.464 e. The van der Waals surface area contributed by atoms with E-state index in [1.807, 2.05) is 19.9 Å². The van der Waals surface area contributed by atoms with Crippen molar-refractivity contribution in [3.8, 4) is 0 Å². The van der Waals surface area contributed by atoms with E-state index in [1.165, 1.54) is 35.2 Å². The molecule has 4 rings (SSSR count). The van der Waals surface area contributed by atoms with E-state index < -0.39 is 16.1 Å². The van der Waals surface area contributed by atoms with Gasteiger partial charge in [0.25, 0.3) is 10.0 Å². The van der Waals surface area contributed by atoms with Crippen molar-refractivity contribution in [2.24, 2.45) is 0 Å². The van der Waals surface area contributed by atoms with E-state index in [0.717, 1.165) is 29.9 Å². The van der Waals surface area contributed by atoms with Crippen molar-refractivity contribution in [1.29, 1.82) is 0 Å².